The minimum absolute atomic E-state index is 0.0707. The highest BCUT2D eigenvalue weighted by atomic mass is 16.2. The summed E-state index contributed by atoms with van der Waals surface area (Å²) in [6.45, 7) is 8.60. The molecule has 0 N–H and O–H groups in total. The van der Waals surface area contributed by atoms with E-state index in [4.69, 9.17) is 0 Å². The summed E-state index contributed by atoms with van der Waals surface area (Å²) in [6.07, 6.45) is 7.38. The molecule has 0 spiro atoms. The predicted molar refractivity (Wildman–Crippen MR) is 95.0 cm³/mol. The van der Waals surface area contributed by atoms with Crippen LogP contribution < -0.4 is 0 Å². The molecule has 1 aromatic carbocycles. The standard InChI is InChI=1S/C20H31NO/c1-15(13-19-12-11-16(2)18(4)14-19)9-7-8-10-17(3)20(22)21(5)6/h7-8,11-12,14-15,17H,9-10,13H2,1-6H3/t15-,17-/m1/s1. The van der Waals surface area contributed by atoms with E-state index in [1.165, 1.54) is 16.7 Å². The molecule has 0 saturated heterocycles. The minimum Gasteiger partial charge on any atom is -0.349 e. The molecule has 122 valence electrons. The zero-order chi connectivity index (χ0) is 16.7. The third-order valence-corrected chi connectivity index (χ3v) is 4.21. The van der Waals surface area contributed by atoms with Gasteiger partial charge in [-0.05, 0) is 55.7 Å². The van der Waals surface area contributed by atoms with Crippen molar-refractivity contribution >= 4 is 5.91 Å². The van der Waals surface area contributed by atoms with Crippen molar-refractivity contribution in [1.29, 1.82) is 0 Å². The Morgan fingerprint density at radius 3 is 2.32 bits per heavy atom. The summed E-state index contributed by atoms with van der Waals surface area (Å²) in [5.41, 5.74) is 4.15. The third-order valence-electron chi connectivity index (χ3n) is 4.21. The minimum atomic E-state index is 0.0707. The third kappa shape index (κ3) is 6.05. The van der Waals surface area contributed by atoms with Gasteiger partial charge < -0.3 is 4.90 Å². The van der Waals surface area contributed by atoms with Crippen LogP contribution >= 0.6 is 0 Å². The molecule has 0 unspecified atom stereocenters. The predicted octanol–water partition coefficient (Wildman–Crippen LogP) is 4.54. The van der Waals surface area contributed by atoms with Crippen LogP contribution in [0.15, 0.2) is 30.4 Å². The summed E-state index contributed by atoms with van der Waals surface area (Å²) in [5, 5.41) is 0. The average Bonchev–Trinajstić information content (AvgIpc) is 2.46. The normalized spacial score (nSPS) is 14.1. The second-order valence-electron chi connectivity index (χ2n) is 6.80. The molecule has 1 rings (SSSR count). The van der Waals surface area contributed by atoms with Gasteiger partial charge in [-0.1, -0.05) is 44.2 Å². The first-order valence-electron chi connectivity index (χ1n) is 8.23. The summed E-state index contributed by atoms with van der Waals surface area (Å²) in [6, 6.07) is 6.75. The first-order valence-corrected chi connectivity index (χ1v) is 8.23. The van der Waals surface area contributed by atoms with E-state index in [0.29, 0.717) is 5.92 Å². The topological polar surface area (TPSA) is 20.3 Å². The van der Waals surface area contributed by atoms with E-state index in [1.807, 2.05) is 21.0 Å². The van der Waals surface area contributed by atoms with Crippen molar-refractivity contribution in [2.45, 2.75) is 47.0 Å². The molecular formula is C20H31NO. The van der Waals surface area contributed by atoms with Crippen molar-refractivity contribution in [3.05, 3.63) is 47.0 Å². The quantitative estimate of drug-likeness (QED) is 0.677. The fourth-order valence-corrected chi connectivity index (χ4v) is 2.59. The summed E-state index contributed by atoms with van der Waals surface area (Å²) in [4.78, 5) is 13.4. The van der Waals surface area contributed by atoms with Crippen LogP contribution in [-0.4, -0.2) is 24.9 Å². The van der Waals surface area contributed by atoms with Crippen molar-refractivity contribution in [3.8, 4) is 0 Å². The average molecular weight is 301 g/mol. The number of rotatable bonds is 7. The molecule has 2 heteroatoms. The fraction of sp³-hybridized carbons (Fsp3) is 0.550. The number of carbonyl (C=O) groups excluding carboxylic acids is 1. The molecule has 2 nitrogen and oxygen atoms in total. The highest BCUT2D eigenvalue weighted by molar-refractivity contribution is 5.78. The van der Waals surface area contributed by atoms with Crippen LogP contribution in [0.1, 0.15) is 43.4 Å². The van der Waals surface area contributed by atoms with Gasteiger partial charge in [-0.2, -0.15) is 0 Å². The molecule has 0 fully saturated rings. The molecule has 2 atom stereocenters. The Morgan fingerprint density at radius 2 is 1.73 bits per heavy atom. The largest absolute Gasteiger partial charge is 0.349 e. The van der Waals surface area contributed by atoms with Gasteiger partial charge in [0.1, 0.15) is 0 Å². The zero-order valence-electron chi connectivity index (χ0n) is 15.0. The molecular weight excluding hydrogens is 270 g/mol. The summed E-state index contributed by atoms with van der Waals surface area (Å²) in [5.74, 6) is 0.896. The van der Waals surface area contributed by atoms with Gasteiger partial charge in [0.25, 0.3) is 0 Å². The van der Waals surface area contributed by atoms with Gasteiger partial charge in [0.2, 0.25) is 5.91 Å². The Labute approximate surface area is 136 Å². The van der Waals surface area contributed by atoms with E-state index in [-0.39, 0.29) is 11.8 Å². The lowest BCUT2D eigenvalue weighted by molar-refractivity contribution is -0.132. The monoisotopic (exact) mass is 301 g/mol. The summed E-state index contributed by atoms with van der Waals surface area (Å²) in [7, 11) is 3.63. The number of amides is 1. The van der Waals surface area contributed by atoms with Crippen LogP contribution in [0.4, 0.5) is 0 Å². The number of hydrogen-bond acceptors (Lipinski definition) is 1. The molecule has 0 heterocycles. The lowest BCUT2D eigenvalue weighted by Crippen LogP contribution is -2.27. The number of carbonyl (C=O) groups is 1. The van der Waals surface area contributed by atoms with Crippen LogP contribution in [0.3, 0.4) is 0 Å². The smallest absolute Gasteiger partial charge is 0.225 e. The highest BCUT2D eigenvalue weighted by Gasteiger charge is 2.12. The number of allylic oxidation sites excluding steroid dienone is 2. The van der Waals surface area contributed by atoms with Gasteiger partial charge in [-0.3, -0.25) is 4.79 Å². The summed E-state index contributed by atoms with van der Waals surface area (Å²) >= 11 is 0. The first-order chi connectivity index (χ1) is 10.3. The van der Waals surface area contributed by atoms with Crippen LogP contribution in [-0.2, 0) is 11.2 Å². The van der Waals surface area contributed by atoms with E-state index >= 15 is 0 Å². The Balaban J connectivity index is 2.39. The van der Waals surface area contributed by atoms with Crippen LogP contribution in [0.25, 0.3) is 0 Å². The molecule has 1 amide bonds. The van der Waals surface area contributed by atoms with Gasteiger partial charge in [0.05, 0.1) is 0 Å². The Hall–Kier alpha value is -1.57. The zero-order valence-corrected chi connectivity index (χ0v) is 15.0. The lowest BCUT2D eigenvalue weighted by atomic mass is 9.95. The van der Waals surface area contributed by atoms with E-state index in [1.54, 1.807) is 4.90 Å². The van der Waals surface area contributed by atoms with Gasteiger partial charge in [-0.25, -0.2) is 0 Å². The molecule has 0 aliphatic carbocycles. The SMILES string of the molecule is Cc1ccc(C[C@H](C)CC=CC[C@@H](C)C(=O)N(C)C)cc1C. The Morgan fingerprint density at radius 1 is 1.09 bits per heavy atom. The molecule has 0 aliphatic heterocycles. The van der Waals surface area contributed by atoms with Crippen molar-refractivity contribution in [2.24, 2.45) is 11.8 Å². The Kier molecular flexibility index (Phi) is 7.37. The fourth-order valence-electron chi connectivity index (χ4n) is 2.59. The van der Waals surface area contributed by atoms with E-state index < -0.39 is 0 Å². The molecule has 22 heavy (non-hydrogen) atoms. The van der Waals surface area contributed by atoms with Crippen molar-refractivity contribution in [3.63, 3.8) is 0 Å². The second kappa shape index (κ2) is 8.77. The van der Waals surface area contributed by atoms with Gasteiger partial charge in [0, 0.05) is 20.0 Å². The van der Waals surface area contributed by atoms with E-state index in [0.717, 1.165) is 19.3 Å². The first kappa shape index (κ1) is 18.5. The van der Waals surface area contributed by atoms with Gasteiger partial charge in [-0.15, -0.1) is 0 Å². The molecule has 0 aromatic heterocycles. The number of aryl methyl sites for hydroxylation is 2. The maximum Gasteiger partial charge on any atom is 0.225 e. The van der Waals surface area contributed by atoms with Crippen LogP contribution in [0, 0.1) is 25.7 Å². The molecule has 0 bridgehead atoms. The number of hydrogen-bond donors (Lipinski definition) is 0. The second-order valence-corrected chi connectivity index (χ2v) is 6.80. The molecule has 1 aromatic rings. The Bertz CT molecular complexity index is 516. The molecule has 0 aliphatic rings. The molecule has 0 saturated carbocycles. The number of benzene rings is 1. The van der Waals surface area contributed by atoms with Crippen molar-refractivity contribution < 1.29 is 4.79 Å². The lowest BCUT2D eigenvalue weighted by Gasteiger charge is -2.15. The van der Waals surface area contributed by atoms with E-state index in [9.17, 15) is 4.79 Å². The van der Waals surface area contributed by atoms with Crippen molar-refractivity contribution in [1.82, 2.24) is 4.90 Å². The van der Waals surface area contributed by atoms with E-state index in [2.05, 4.69) is 51.1 Å². The van der Waals surface area contributed by atoms with Crippen LogP contribution in [0.5, 0.6) is 0 Å². The summed E-state index contributed by atoms with van der Waals surface area (Å²) < 4.78 is 0. The van der Waals surface area contributed by atoms with Crippen molar-refractivity contribution in [2.75, 3.05) is 14.1 Å². The highest BCUT2D eigenvalue weighted by Crippen LogP contribution is 2.16. The maximum atomic E-state index is 11.8. The maximum absolute atomic E-state index is 11.8. The number of nitrogens with zero attached hydrogens (tertiary/aromatic N) is 1. The van der Waals surface area contributed by atoms with Gasteiger partial charge in [0.15, 0.2) is 0 Å². The molecule has 0 radical (unpaired) electrons. The van der Waals surface area contributed by atoms with Gasteiger partial charge >= 0.3 is 0 Å². The van der Waals surface area contributed by atoms with Crippen LogP contribution in [0.2, 0.25) is 0 Å².